The summed E-state index contributed by atoms with van der Waals surface area (Å²) >= 11 is 0. The number of rotatable bonds is 3. The van der Waals surface area contributed by atoms with Gasteiger partial charge in [0.2, 0.25) is 0 Å². The maximum absolute atomic E-state index is 12.6. The van der Waals surface area contributed by atoms with Crippen LogP contribution in [0.5, 0.6) is 0 Å². The topological polar surface area (TPSA) is 60.2 Å². The number of hydrogen-bond acceptors (Lipinski definition) is 5. The zero-order valence-electron chi connectivity index (χ0n) is 16.1. The number of para-hydroxylation sites is 1. The van der Waals surface area contributed by atoms with Crippen LogP contribution in [0.25, 0.3) is 10.9 Å². The van der Waals surface area contributed by atoms with Gasteiger partial charge in [0.05, 0.1) is 37.0 Å². The third-order valence-corrected chi connectivity index (χ3v) is 5.87. The van der Waals surface area contributed by atoms with E-state index in [1.807, 2.05) is 6.07 Å². The molecule has 0 N–H and O–H groups in total. The van der Waals surface area contributed by atoms with Crippen molar-refractivity contribution in [2.45, 2.75) is 45.4 Å². The highest BCUT2D eigenvalue weighted by Gasteiger charge is 2.27. The maximum atomic E-state index is 12.6. The van der Waals surface area contributed by atoms with Crippen molar-refractivity contribution in [2.75, 3.05) is 18.1 Å². The first-order valence-corrected chi connectivity index (χ1v) is 10.00. The minimum Gasteiger partial charge on any atom is -0.376 e. The van der Waals surface area contributed by atoms with E-state index in [1.54, 1.807) is 10.7 Å². The van der Waals surface area contributed by atoms with Crippen LogP contribution in [0.1, 0.15) is 29.7 Å². The monoisotopic (exact) mass is 376 g/mol. The van der Waals surface area contributed by atoms with Crippen LogP contribution in [0.2, 0.25) is 0 Å². The second-order valence-electron chi connectivity index (χ2n) is 7.74. The number of hydrogen-bond donors (Lipinski definition) is 0. The van der Waals surface area contributed by atoms with Gasteiger partial charge in [-0.2, -0.15) is 5.10 Å². The van der Waals surface area contributed by atoms with E-state index in [0.717, 1.165) is 48.4 Å². The molecule has 1 atom stereocenters. The molecule has 1 fully saturated rings. The van der Waals surface area contributed by atoms with Crippen molar-refractivity contribution in [1.82, 2.24) is 14.8 Å². The summed E-state index contributed by atoms with van der Waals surface area (Å²) in [4.78, 5) is 19.8. The Bertz CT molecular complexity index is 1090. The molecule has 4 heterocycles. The molecule has 0 aliphatic carbocycles. The molecule has 2 aromatic heterocycles. The Morgan fingerprint density at radius 2 is 2.14 bits per heavy atom. The third-order valence-electron chi connectivity index (χ3n) is 5.87. The minimum atomic E-state index is -0.0428. The lowest BCUT2D eigenvalue weighted by atomic mass is 10.1. The van der Waals surface area contributed by atoms with Crippen LogP contribution in [-0.2, 0) is 24.3 Å². The van der Waals surface area contributed by atoms with Gasteiger partial charge in [-0.25, -0.2) is 9.67 Å². The molecule has 0 spiro atoms. The summed E-state index contributed by atoms with van der Waals surface area (Å²) in [6.07, 6.45) is 2.92. The lowest BCUT2D eigenvalue weighted by molar-refractivity contribution is 0.108. The molecule has 2 aliphatic rings. The van der Waals surface area contributed by atoms with E-state index in [4.69, 9.17) is 9.72 Å². The molecule has 6 heteroatoms. The molecule has 0 saturated carbocycles. The number of benzene rings is 1. The molecule has 1 unspecified atom stereocenters. The minimum absolute atomic E-state index is 0.0428. The van der Waals surface area contributed by atoms with Crippen LogP contribution in [-0.4, -0.2) is 34.0 Å². The molecule has 0 amide bonds. The van der Waals surface area contributed by atoms with Gasteiger partial charge < -0.3 is 9.64 Å². The van der Waals surface area contributed by atoms with Gasteiger partial charge in [-0.1, -0.05) is 18.2 Å². The Morgan fingerprint density at radius 1 is 1.25 bits per heavy atom. The van der Waals surface area contributed by atoms with E-state index < -0.39 is 0 Å². The van der Waals surface area contributed by atoms with Crippen molar-refractivity contribution in [3.63, 3.8) is 0 Å². The quantitative estimate of drug-likeness (QED) is 0.703. The molecular weight excluding hydrogens is 352 g/mol. The molecule has 0 bridgehead atoms. The molecule has 6 nitrogen and oxygen atoms in total. The highest BCUT2D eigenvalue weighted by Crippen LogP contribution is 2.28. The van der Waals surface area contributed by atoms with Gasteiger partial charge in [0.25, 0.3) is 5.56 Å². The summed E-state index contributed by atoms with van der Waals surface area (Å²) in [7, 11) is 0. The van der Waals surface area contributed by atoms with Crippen molar-refractivity contribution in [3.8, 4) is 0 Å². The van der Waals surface area contributed by atoms with Gasteiger partial charge in [-0.3, -0.25) is 4.79 Å². The zero-order chi connectivity index (χ0) is 19.1. The fraction of sp³-hybridized carbons (Fsp3) is 0.409. The van der Waals surface area contributed by atoms with Crippen LogP contribution in [0.4, 0.5) is 5.82 Å². The van der Waals surface area contributed by atoms with Crippen molar-refractivity contribution < 1.29 is 4.74 Å². The van der Waals surface area contributed by atoms with E-state index in [9.17, 15) is 4.79 Å². The lowest BCUT2D eigenvalue weighted by Gasteiger charge is -2.27. The first-order chi connectivity index (χ1) is 13.7. The molecular formula is C22H24N4O2. The summed E-state index contributed by atoms with van der Waals surface area (Å²) < 4.78 is 7.08. The first kappa shape index (κ1) is 17.4. The average Bonchev–Trinajstić information content (AvgIpc) is 3.17. The molecule has 0 radical (unpaired) electrons. The predicted octanol–water partition coefficient (Wildman–Crippen LogP) is 2.84. The number of aromatic nitrogens is 3. The Hall–Kier alpha value is -2.73. The Balaban J connectivity index is 1.46. The zero-order valence-corrected chi connectivity index (χ0v) is 16.1. The van der Waals surface area contributed by atoms with Crippen LogP contribution in [0, 0.1) is 6.92 Å². The largest absolute Gasteiger partial charge is 0.376 e. The van der Waals surface area contributed by atoms with E-state index in [2.05, 4.69) is 41.2 Å². The number of aryl methyl sites for hydroxylation is 1. The summed E-state index contributed by atoms with van der Waals surface area (Å²) in [5.41, 5.74) is 4.14. The van der Waals surface area contributed by atoms with Crippen molar-refractivity contribution in [1.29, 1.82) is 0 Å². The molecule has 2 aliphatic heterocycles. The van der Waals surface area contributed by atoms with Crippen molar-refractivity contribution in [3.05, 3.63) is 63.6 Å². The smallest absolute Gasteiger partial charge is 0.267 e. The fourth-order valence-corrected chi connectivity index (χ4v) is 4.39. The lowest BCUT2D eigenvalue weighted by Crippen LogP contribution is -2.38. The third kappa shape index (κ3) is 3.07. The number of fused-ring (bicyclic) bond motifs is 2. The predicted molar refractivity (Wildman–Crippen MR) is 109 cm³/mol. The van der Waals surface area contributed by atoms with E-state index in [1.165, 1.54) is 10.9 Å². The molecule has 5 rings (SSSR count). The summed E-state index contributed by atoms with van der Waals surface area (Å²) in [6.45, 7) is 4.86. The maximum Gasteiger partial charge on any atom is 0.267 e. The van der Waals surface area contributed by atoms with Gasteiger partial charge >= 0.3 is 0 Å². The number of anilines is 1. The van der Waals surface area contributed by atoms with Gasteiger partial charge in [-0.05, 0) is 37.5 Å². The summed E-state index contributed by atoms with van der Waals surface area (Å²) in [6, 6.07) is 12.4. The summed E-state index contributed by atoms with van der Waals surface area (Å²) in [5.74, 6) is 0.998. The Kier molecular flexibility index (Phi) is 4.36. The van der Waals surface area contributed by atoms with E-state index in [-0.39, 0.29) is 11.6 Å². The van der Waals surface area contributed by atoms with E-state index in [0.29, 0.717) is 19.8 Å². The molecule has 1 saturated heterocycles. The molecule has 144 valence electrons. The van der Waals surface area contributed by atoms with E-state index >= 15 is 0 Å². The standard InChI is InChI=1S/C22H24N4O2/c1-15-11-21(23-20-7-3-2-6-18(15)20)25-9-4-5-17(25)13-26-22(27)12-16-14-28-10-8-19(16)24-26/h2-3,6-7,11-12,17H,4-5,8-10,13-14H2,1H3. The number of nitrogens with zero attached hydrogens (tertiary/aromatic N) is 4. The van der Waals surface area contributed by atoms with Gasteiger partial charge in [0, 0.05) is 30.0 Å². The van der Waals surface area contributed by atoms with Gasteiger partial charge in [-0.15, -0.1) is 0 Å². The van der Waals surface area contributed by atoms with Crippen molar-refractivity contribution >= 4 is 16.7 Å². The van der Waals surface area contributed by atoms with Crippen LogP contribution in [0.15, 0.2) is 41.2 Å². The highest BCUT2D eigenvalue weighted by molar-refractivity contribution is 5.83. The SMILES string of the molecule is Cc1cc(N2CCCC2Cn2nc3c(cc2=O)COCC3)nc2ccccc12. The first-order valence-electron chi connectivity index (χ1n) is 10.00. The van der Waals surface area contributed by atoms with Crippen LogP contribution < -0.4 is 10.5 Å². The summed E-state index contributed by atoms with van der Waals surface area (Å²) in [5, 5.41) is 5.84. The second-order valence-corrected chi connectivity index (χ2v) is 7.74. The number of ether oxygens (including phenoxy) is 1. The van der Waals surface area contributed by atoms with Crippen LogP contribution in [0.3, 0.4) is 0 Å². The average molecular weight is 376 g/mol. The van der Waals surface area contributed by atoms with Crippen molar-refractivity contribution in [2.24, 2.45) is 0 Å². The molecule has 28 heavy (non-hydrogen) atoms. The molecule has 1 aromatic carbocycles. The Morgan fingerprint density at radius 3 is 3.07 bits per heavy atom. The Labute approximate surface area is 163 Å². The fourth-order valence-electron chi connectivity index (χ4n) is 4.39. The second kappa shape index (κ2) is 7.02. The highest BCUT2D eigenvalue weighted by atomic mass is 16.5. The van der Waals surface area contributed by atoms with Gasteiger partial charge in [0.1, 0.15) is 5.82 Å². The number of pyridine rings is 1. The van der Waals surface area contributed by atoms with Crippen LogP contribution >= 0.6 is 0 Å². The normalized spacial score (nSPS) is 19.2. The molecule has 3 aromatic rings. The van der Waals surface area contributed by atoms with Gasteiger partial charge in [0.15, 0.2) is 0 Å².